The van der Waals surface area contributed by atoms with Gasteiger partial charge < -0.3 is 5.32 Å². The van der Waals surface area contributed by atoms with E-state index in [4.69, 9.17) is 0 Å². The minimum Gasteiger partial charge on any atom is -0.348 e. The van der Waals surface area contributed by atoms with Crippen LogP contribution in [0.15, 0.2) is 71.6 Å². The predicted molar refractivity (Wildman–Crippen MR) is 143 cm³/mol. The minimum atomic E-state index is -3.96. The molecule has 0 spiro atoms. The van der Waals surface area contributed by atoms with Crippen molar-refractivity contribution in [2.45, 2.75) is 64.8 Å². The van der Waals surface area contributed by atoms with Crippen LogP contribution >= 0.6 is 0 Å². The first kappa shape index (κ1) is 26.5. The van der Waals surface area contributed by atoms with Crippen LogP contribution in [0.1, 0.15) is 61.6 Å². The fourth-order valence-corrected chi connectivity index (χ4v) is 5.39. The van der Waals surface area contributed by atoms with Crippen LogP contribution in [-0.2, 0) is 20.2 Å². The molecule has 0 aliphatic rings. The number of carbonyl (C=O) groups excluding carboxylic acids is 1. The highest BCUT2D eigenvalue weighted by Crippen LogP contribution is 2.29. The van der Waals surface area contributed by atoms with Crippen molar-refractivity contribution in [1.29, 1.82) is 0 Å². The number of sulfonamides is 1. The van der Waals surface area contributed by atoms with Crippen LogP contribution in [0.3, 0.4) is 0 Å². The molecular formula is C29H36N2O3S. The lowest BCUT2D eigenvalue weighted by molar-refractivity contribution is -0.120. The minimum absolute atomic E-state index is 0.0432. The molecule has 0 radical (unpaired) electrons. The van der Waals surface area contributed by atoms with Crippen LogP contribution in [0.25, 0.3) is 0 Å². The van der Waals surface area contributed by atoms with Gasteiger partial charge in [-0.2, -0.15) is 0 Å². The average Bonchev–Trinajstić information content (AvgIpc) is 2.79. The number of hydrogen-bond donors (Lipinski definition) is 1. The third-order valence-corrected chi connectivity index (χ3v) is 8.17. The molecule has 5 nitrogen and oxygen atoms in total. The van der Waals surface area contributed by atoms with Crippen LogP contribution < -0.4 is 9.62 Å². The van der Waals surface area contributed by atoms with E-state index in [1.54, 1.807) is 30.3 Å². The predicted octanol–water partition coefficient (Wildman–Crippen LogP) is 5.98. The summed E-state index contributed by atoms with van der Waals surface area (Å²) in [6.45, 7) is 13.8. The lowest BCUT2D eigenvalue weighted by Crippen LogP contribution is -2.42. The molecule has 0 heterocycles. The number of aryl methyl sites for hydroxylation is 2. The van der Waals surface area contributed by atoms with Crippen molar-refractivity contribution in [1.82, 2.24) is 5.32 Å². The second kappa shape index (κ2) is 10.2. The zero-order valence-corrected chi connectivity index (χ0v) is 22.5. The van der Waals surface area contributed by atoms with Crippen molar-refractivity contribution in [2.24, 2.45) is 0 Å². The van der Waals surface area contributed by atoms with Gasteiger partial charge in [0.15, 0.2) is 0 Å². The molecule has 3 aromatic carbocycles. The molecule has 0 saturated heterocycles. The lowest BCUT2D eigenvalue weighted by atomic mass is 9.86. The largest absolute Gasteiger partial charge is 0.348 e. The molecule has 3 rings (SSSR count). The summed E-state index contributed by atoms with van der Waals surface area (Å²) < 4.78 is 28.6. The number of rotatable bonds is 7. The van der Waals surface area contributed by atoms with Gasteiger partial charge >= 0.3 is 0 Å². The van der Waals surface area contributed by atoms with E-state index >= 15 is 0 Å². The first-order valence-electron chi connectivity index (χ1n) is 11.9. The molecule has 1 atom stereocenters. The van der Waals surface area contributed by atoms with E-state index in [1.807, 2.05) is 52.0 Å². The van der Waals surface area contributed by atoms with Crippen molar-refractivity contribution in [2.75, 3.05) is 10.8 Å². The van der Waals surface area contributed by atoms with Crippen LogP contribution in [-0.4, -0.2) is 20.9 Å². The van der Waals surface area contributed by atoms with Gasteiger partial charge in [0.25, 0.3) is 10.0 Å². The molecule has 1 N–H and O–H groups in total. The molecule has 0 saturated carbocycles. The van der Waals surface area contributed by atoms with E-state index in [9.17, 15) is 13.2 Å². The molecule has 0 aliphatic heterocycles. The van der Waals surface area contributed by atoms with E-state index < -0.39 is 10.0 Å². The zero-order chi connectivity index (χ0) is 26.0. The van der Waals surface area contributed by atoms with Crippen molar-refractivity contribution in [3.63, 3.8) is 0 Å². The Labute approximate surface area is 210 Å². The van der Waals surface area contributed by atoms with Gasteiger partial charge in [0.1, 0.15) is 6.54 Å². The topological polar surface area (TPSA) is 66.5 Å². The summed E-state index contributed by atoms with van der Waals surface area (Å²) in [6.07, 6.45) is 0. The first-order valence-corrected chi connectivity index (χ1v) is 13.3. The Morgan fingerprint density at radius 3 is 2.09 bits per heavy atom. The van der Waals surface area contributed by atoms with Crippen molar-refractivity contribution in [3.05, 3.63) is 94.5 Å². The average molecular weight is 493 g/mol. The van der Waals surface area contributed by atoms with Crippen LogP contribution in [0.5, 0.6) is 0 Å². The summed E-state index contributed by atoms with van der Waals surface area (Å²) in [6, 6.07) is 20.1. The van der Waals surface area contributed by atoms with Gasteiger partial charge in [-0.1, -0.05) is 74.9 Å². The van der Waals surface area contributed by atoms with E-state index in [1.165, 1.54) is 9.87 Å². The zero-order valence-electron chi connectivity index (χ0n) is 21.7. The number of benzene rings is 3. The van der Waals surface area contributed by atoms with Crippen LogP contribution in [0.2, 0.25) is 0 Å². The monoisotopic (exact) mass is 492 g/mol. The smallest absolute Gasteiger partial charge is 0.264 e. The Morgan fingerprint density at radius 1 is 0.914 bits per heavy atom. The Hall–Kier alpha value is -3.12. The maximum absolute atomic E-state index is 13.7. The van der Waals surface area contributed by atoms with Gasteiger partial charge in [-0.25, -0.2) is 8.42 Å². The van der Waals surface area contributed by atoms with Gasteiger partial charge in [-0.3, -0.25) is 9.10 Å². The van der Waals surface area contributed by atoms with E-state index in [0.29, 0.717) is 5.69 Å². The van der Waals surface area contributed by atoms with Gasteiger partial charge in [0, 0.05) is 0 Å². The lowest BCUT2D eigenvalue weighted by Gasteiger charge is -2.27. The second-order valence-corrected chi connectivity index (χ2v) is 12.1. The molecule has 0 unspecified atom stereocenters. The molecule has 0 fully saturated rings. The molecular weight excluding hydrogens is 456 g/mol. The Morgan fingerprint density at radius 2 is 1.51 bits per heavy atom. The number of amides is 1. The molecule has 1 amide bonds. The molecule has 0 aromatic heterocycles. The Kier molecular flexibility index (Phi) is 7.75. The standard InChI is InChI=1S/C29H36N2O3S/c1-20-11-17-26(18-12-20)35(33,34)31(27-10-8-9-21(2)22(27)3)19-28(32)30-23(4)24-13-15-25(16-14-24)29(5,6)7/h8-18,23H,19H2,1-7H3,(H,30,32)/t23-/m1/s1. The fourth-order valence-electron chi connectivity index (χ4n) is 3.92. The Bertz CT molecular complexity index is 1290. The van der Waals surface area contributed by atoms with Crippen molar-refractivity contribution >= 4 is 21.6 Å². The van der Waals surface area contributed by atoms with Crippen LogP contribution in [0.4, 0.5) is 5.69 Å². The summed E-state index contributed by atoms with van der Waals surface area (Å²) in [5.41, 5.74) is 5.47. The van der Waals surface area contributed by atoms with Crippen LogP contribution in [0, 0.1) is 20.8 Å². The highest BCUT2D eigenvalue weighted by molar-refractivity contribution is 7.92. The van der Waals surface area contributed by atoms with Crippen molar-refractivity contribution < 1.29 is 13.2 Å². The maximum Gasteiger partial charge on any atom is 0.264 e. The van der Waals surface area contributed by atoms with Crippen molar-refractivity contribution in [3.8, 4) is 0 Å². The quantitative estimate of drug-likeness (QED) is 0.441. The number of anilines is 1. The Balaban J connectivity index is 1.89. The summed E-state index contributed by atoms with van der Waals surface area (Å²) >= 11 is 0. The maximum atomic E-state index is 13.7. The van der Waals surface area contributed by atoms with E-state index in [0.717, 1.165) is 22.3 Å². The van der Waals surface area contributed by atoms with Gasteiger partial charge in [0.05, 0.1) is 16.6 Å². The van der Waals surface area contributed by atoms with Gasteiger partial charge in [0.2, 0.25) is 5.91 Å². The highest BCUT2D eigenvalue weighted by atomic mass is 32.2. The normalized spacial score (nSPS) is 12.8. The number of carbonyl (C=O) groups is 1. The van der Waals surface area contributed by atoms with Gasteiger partial charge in [-0.15, -0.1) is 0 Å². The summed E-state index contributed by atoms with van der Waals surface area (Å²) in [5.74, 6) is -0.367. The SMILES string of the molecule is Cc1ccc(S(=O)(=O)N(CC(=O)N[C@H](C)c2ccc(C(C)(C)C)cc2)c2cccc(C)c2C)cc1. The highest BCUT2D eigenvalue weighted by Gasteiger charge is 2.29. The number of nitrogens with one attached hydrogen (secondary N) is 1. The molecule has 0 aliphatic carbocycles. The van der Waals surface area contributed by atoms with Gasteiger partial charge in [-0.05, 0) is 73.6 Å². The second-order valence-electron chi connectivity index (χ2n) is 10.2. The molecule has 6 heteroatoms. The molecule has 35 heavy (non-hydrogen) atoms. The first-order chi connectivity index (χ1) is 16.3. The summed E-state index contributed by atoms with van der Waals surface area (Å²) in [7, 11) is -3.96. The van der Waals surface area contributed by atoms with E-state index in [-0.39, 0.29) is 28.8 Å². The summed E-state index contributed by atoms with van der Waals surface area (Å²) in [4.78, 5) is 13.3. The number of nitrogens with zero attached hydrogens (tertiary/aromatic N) is 1. The molecule has 0 bridgehead atoms. The third kappa shape index (κ3) is 6.12. The third-order valence-electron chi connectivity index (χ3n) is 6.40. The molecule has 3 aromatic rings. The number of hydrogen-bond acceptors (Lipinski definition) is 3. The molecule has 186 valence electrons. The fraction of sp³-hybridized carbons (Fsp3) is 0.345. The van der Waals surface area contributed by atoms with E-state index in [2.05, 4.69) is 38.2 Å². The summed E-state index contributed by atoms with van der Waals surface area (Å²) in [5, 5.41) is 2.98.